The Morgan fingerprint density at radius 1 is 0.943 bits per heavy atom. The second kappa shape index (κ2) is 13.9. The van der Waals surface area contributed by atoms with Crippen LogP contribution in [0.1, 0.15) is 151 Å². The molecular formula is C46H66ClNO5. The number of rotatable bonds is 9. The third-order valence-electron chi connectivity index (χ3n) is 16.4. The van der Waals surface area contributed by atoms with Crippen molar-refractivity contribution in [3.05, 3.63) is 58.1 Å². The van der Waals surface area contributed by atoms with Gasteiger partial charge in [-0.1, -0.05) is 89.4 Å². The van der Waals surface area contributed by atoms with Crippen molar-refractivity contribution in [2.45, 2.75) is 152 Å². The van der Waals surface area contributed by atoms with Crippen LogP contribution in [-0.2, 0) is 19.1 Å². The van der Waals surface area contributed by atoms with Crippen molar-refractivity contribution in [2.24, 2.45) is 56.2 Å². The Morgan fingerprint density at radius 3 is 2.32 bits per heavy atom. The number of amides is 1. The number of hydrogen-bond donors (Lipinski definition) is 2. The molecule has 0 saturated heterocycles. The molecule has 0 bridgehead atoms. The van der Waals surface area contributed by atoms with E-state index in [1.807, 2.05) is 37.3 Å². The van der Waals surface area contributed by atoms with Crippen molar-refractivity contribution >= 4 is 29.4 Å². The second-order valence-corrected chi connectivity index (χ2v) is 20.6. The van der Waals surface area contributed by atoms with E-state index in [2.05, 4.69) is 59.9 Å². The van der Waals surface area contributed by atoms with Crippen LogP contribution in [0.25, 0.3) is 0 Å². The van der Waals surface area contributed by atoms with Gasteiger partial charge >= 0.3 is 11.9 Å². The summed E-state index contributed by atoms with van der Waals surface area (Å²) in [6.45, 7) is 22.4. The molecule has 5 aliphatic rings. The highest BCUT2D eigenvalue weighted by molar-refractivity contribution is 6.30. The summed E-state index contributed by atoms with van der Waals surface area (Å²) in [6, 6.07) is 7.57. The van der Waals surface area contributed by atoms with E-state index in [9.17, 15) is 19.5 Å². The number of hydrogen-bond acceptors (Lipinski definition) is 4. The number of fused-ring (bicyclic) bond motifs is 7. The van der Waals surface area contributed by atoms with Gasteiger partial charge in [-0.15, -0.1) is 0 Å². The first-order chi connectivity index (χ1) is 24.6. The lowest BCUT2D eigenvalue weighted by Gasteiger charge is -2.72. The summed E-state index contributed by atoms with van der Waals surface area (Å²) in [5.41, 5.74) is 3.34. The summed E-state index contributed by atoms with van der Waals surface area (Å²) in [6.07, 6.45) is 14.8. The summed E-state index contributed by atoms with van der Waals surface area (Å²) < 4.78 is 6.19. The molecule has 1 unspecified atom stereocenters. The number of esters is 1. The molecule has 0 aliphatic heterocycles. The third kappa shape index (κ3) is 6.63. The number of halogens is 1. The maximum Gasteiger partial charge on any atom is 0.309 e. The summed E-state index contributed by atoms with van der Waals surface area (Å²) >= 11 is 6.25. The van der Waals surface area contributed by atoms with E-state index in [-0.39, 0.29) is 51.5 Å². The molecule has 1 amide bonds. The molecule has 4 saturated carbocycles. The topological polar surface area (TPSA) is 92.7 Å². The Bertz CT molecular complexity index is 1690. The fourth-order valence-electron chi connectivity index (χ4n) is 13.2. The maximum absolute atomic E-state index is 13.4. The van der Waals surface area contributed by atoms with Crippen LogP contribution in [0, 0.1) is 56.2 Å². The average Bonchev–Trinajstić information content (AvgIpc) is 3.45. The van der Waals surface area contributed by atoms with Crippen LogP contribution in [0.15, 0.2) is 47.6 Å². The molecule has 0 heterocycles. The van der Waals surface area contributed by atoms with Crippen LogP contribution in [0.3, 0.4) is 0 Å². The number of carboxylic acids is 1. The first kappa shape index (κ1) is 40.1. The number of allylic oxidation sites excluding steroid dienone is 3. The monoisotopic (exact) mass is 747 g/mol. The Kier molecular flexibility index (Phi) is 10.5. The molecule has 6 rings (SSSR count). The minimum atomic E-state index is -1.15. The van der Waals surface area contributed by atoms with Gasteiger partial charge in [0.1, 0.15) is 6.10 Å². The first-order valence-corrected chi connectivity index (χ1v) is 20.9. The molecule has 9 atom stereocenters. The van der Waals surface area contributed by atoms with E-state index in [1.54, 1.807) is 25.0 Å². The van der Waals surface area contributed by atoms with Crippen LogP contribution >= 0.6 is 11.6 Å². The van der Waals surface area contributed by atoms with Gasteiger partial charge in [-0.05, 0) is 149 Å². The quantitative estimate of drug-likeness (QED) is 0.149. The maximum atomic E-state index is 13.4. The standard InChI is InChI=1S/C46H66ClNO5/c1-28(2)32-16-22-46(23-19-37(49)48-29(3)30-12-11-13-31(47)26-30)25-24-44(9)33(39(32)46)14-15-35-43(8)20-18-36(53-38(50)27-41(4,5)40(51)52)42(6,7)34(43)17-21-45(35,44)10/h11-13,19,23,26,28-29,33-36H,14-18,20-22,24-25,27H2,1-10H3,(H,48,49)(H,51,52)/b23-19+/t29-,33+,34?,35+,36-,43-,44+,45+,46-/m0/s1. The molecule has 5 aliphatic carbocycles. The Morgan fingerprint density at radius 2 is 1.66 bits per heavy atom. The van der Waals surface area contributed by atoms with Gasteiger partial charge in [0, 0.05) is 15.9 Å². The SMILES string of the molecule is CC(C)C1=C2[C@H]3CC[C@@H]4[C@@]5(C)CC[C@H](OC(=O)CC(C)(C)C(=O)O)C(C)(C)C5CC[C@@]4(C)[C@]3(C)CC[C@@]2(/C=C/C(=O)N[C@@H](C)c2cccc(Cl)c2)CC1. The Balaban J connectivity index is 1.24. The zero-order valence-corrected chi connectivity index (χ0v) is 34.9. The Labute approximate surface area is 324 Å². The molecule has 0 aromatic heterocycles. The van der Waals surface area contributed by atoms with E-state index in [4.69, 9.17) is 16.3 Å². The molecule has 0 radical (unpaired) electrons. The highest BCUT2D eigenvalue weighted by Crippen LogP contribution is 2.77. The Hall–Kier alpha value is -2.60. The first-order valence-electron chi connectivity index (χ1n) is 20.5. The number of carbonyl (C=O) groups is 3. The molecule has 2 N–H and O–H groups in total. The highest BCUT2D eigenvalue weighted by atomic mass is 35.5. The van der Waals surface area contributed by atoms with Crippen LogP contribution in [0.4, 0.5) is 0 Å². The second-order valence-electron chi connectivity index (χ2n) is 20.2. The molecule has 4 fully saturated rings. The predicted octanol–water partition coefficient (Wildman–Crippen LogP) is 11.3. The normalized spacial score (nSPS) is 37.0. The fraction of sp³-hybridized carbons (Fsp3) is 0.717. The largest absolute Gasteiger partial charge is 0.481 e. The van der Waals surface area contributed by atoms with Crippen molar-refractivity contribution in [3.8, 4) is 0 Å². The summed E-state index contributed by atoms with van der Waals surface area (Å²) in [5, 5.41) is 13.5. The number of aliphatic carboxylic acids is 1. The van der Waals surface area contributed by atoms with Gasteiger partial charge in [0.05, 0.1) is 17.9 Å². The van der Waals surface area contributed by atoms with Gasteiger partial charge in [-0.2, -0.15) is 0 Å². The van der Waals surface area contributed by atoms with Gasteiger partial charge in [0.2, 0.25) is 5.91 Å². The van der Waals surface area contributed by atoms with Gasteiger partial charge in [-0.25, -0.2) is 0 Å². The van der Waals surface area contributed by atoms with Crippen molar-refractivity contribution in [1.29, 1.82) is 0 Å². The number of carbonyl (C=O) groups excluding carboxylic acids is 2. The number of benzene rings is 1. The summed E-state index contributed by atoms with van der Waals surface area (Å²) in [4.78, 5) is 38.3. The van der Waals surface area contributed by atoms with Crippen LogP contribution in [-0.4, -0.2) is 29.1 Å². The van der Waals surface area contributed by atoms with Gasteiger partial charge in [-0.3, -0.25) is 14.4 Å². The minimum Gasteiger partial charge on any atom is -0.481 e. The van der Waals surface area contributed by atoms with Crippen LogP contribution < -0.4 is 5.32 Å². The van der Waals surface area contributed by atoms with Crippen molar-refractivity contribution < 1.29 is 24.2 Å². The number of ether oxygens (including phenoxy) is 1. The fourth-order valence-corrected chi connectivity index (χ4v) is 13.4. The summed E-state index contributed by atoms with van der Waals surface area (Å²) in [7, 11) is 0. The van der Waals surface area contributed by atoms with E-state index < -0.39 is 17.4 Å². The third-order valence-corrected chi connectivity index (χ3v) is 16.6. The molecule has 292 valence electrons. The number of carboxylic acid groups (broad SMARTS) is 1. The van der Waals surface area contributed by atoms with Crippen LogP contribution in [0.2, 0.25) is 5.02 Å². The summed E-state index contributed by atoms with van der Waals surface area (Å²) in [5.74, 6) is 0.554. The van der Waals surface area contributed by atoms with Crippen molar-refractivity contribution in [3.63, 3.8) is 0 Å². The van der Waals surface area contributed by atoms with E-state index >= 15 is 0 Å². The molecule has 53 heavy (non-hydrogen) atoms. The molecule has 0 spiro atoms. The minimum absolute atomic E-state index is 0.0473. The smallest absolute Gasteiger partial charge is 0.309 e. The molecule has 6 nitrogen and oxygen atoms in total. The van der Waals surface area contributed by atoms with Gasteiger partial charge < -0.3 is 15.2 Å². The van der Waals surface area contributed by atoms with Gasteiger partial charge in [0.15, 0.2) is 0 Å². The zero-order chi connectivity index (χ0) is 38.9. The lowest BCUT2D eigenvalue weighted by molar-refractivity contribution is -0.232. The molecule has 1 aromatic carbocycles. The molecule has 7 heteroatoms. The van der Waals surface area contributed by atoms with E-state index in [1.165, 1.54) is 12.8 Å². The van der Waals surface area contributed by atoms with E-state index in [0.717, 1.165) is 56.9 Å². The zero-order valence-electron chi connectivity index (χ0n) is 34.2. The average molecular weight is 748 g/mol. The van der Waals surface area contributed by atoms with Gasteiger partial charge in [0.25, 0.3) is 0 Å². The van der Waals surface area contributed by atoms with Crippen LogP contribution in [0.5, 0.6) is 0 Å². The molecule has 1 aromatic rings. The van der Waals surface area contributed by atoms with Crippen molar-refractivity contribution in [1.82, 2.24) is 5.32 Å². The number of nitrogens with one attached hydrogen (secondary N) is 1. The predicted molar refractivity (Wildman–Crippen MR) is 212 cm³/mol. The lowest BCUT2D eigenvalue weighted by atomic mass is 9.33. The van der Waals surface area contributed by atoms with E-state index in [0.29, 0.717) is 28.7 Å². The highest BCUT2D eigenvalue weighted by Gasteiger charge is 2.69. The van der Waals surface area contributed by atoms with Crippen molar-refractivity contribution in [2.75, 3.05) is 0 Å². The lowest BCUT2D eigenvalue weighted by Crippen LogP contribution is -2.65. The molecular weight excluding hydrogens is 682 g/mol.